The predicted octanol–water partition coefficient (Wildman–Crippen LogP) is 4.92. The van der Waals surface area contributed by atoms with Gasteiger partial charge in [0.15, 0.2) is 0 Å². The quantitative estimate of drug-likeness (QED) is 0.728. The van der Waals surface area contributed by atoms with E-state index in [1.165, 1.54) is 38.5 Å². The monoisotopic (exact) mass is 341 g/mol. The van der Waals surface area contributed by atoms with Gasteiger partial charge in [-0.3, -0.25) is 4.79 Å². The summed E-state index contributed by atoms with van der Waals surface area (Å²) in [5.74, 6) is 2.58. The topological polar surface area (TPSA) is 29.5 Å². The van der Waals surface area contributed by atoms with E-state index < -0.39 is 0 Å². The van der Waals surface area contributed by atoms with Crippen molar-refractivity contribution in [3.05, 3.63) is 35.9 Å². The average Bonchev–Trinajstić information content (AvgIpc) is 2.67. The average molecular weight is 341 g/mol. The van der Waals surface area contributed by atoms with Crippen molar-refractivity contribution < 1.29 is 9.53 Å². The van der Waals surface area contributed by atoms with Gasteiger partial charge in [-0.25, -0.2) is 0 Å². The molecule has 1 aromatic carbocycles. The normalized spacial score (nSPS) is 27.4. The summed E-state index contributed by atoms with van der Waals surface area (Å²) >= 11 is 0. The SMILES string of the molecule is COc1ccc(/C=C/C(=O)N2CCCCC2C2CCC(C)CC2)cc1. The van der Waals surface area contributed by atoms with Crippen LogP contribution in [0.4, 0.5) is 0 Å². The smallest absolute Gasteiger partial charge is 0.246 e. The Hall–Kier alpha value is -1.77. The molecule has 1 amide bonds. The number of nitrogens with zero attached hydrogens (tertiary/aromatic N) is 1. The molecule has 0 aromatic heterocycles. The largest absolute Gasteiger partial charge is 0.497 e. The third kappa shape index (κ3) is 4.65. The number of hydrogen-bond donors (Lipinski definition) is 0. The summed E-state index contributed by atoms with van der Waals surface area (Å²) in [7, 11) is 1.66. The van der Waals surface area contributed by atoms with Gasteiger partial charge in [0, 0.05) is 18.7 Å². The van der Waals surface area contributed by atoms with Gasteiger partial charge in [-0.05, 0) is 67.7 Å². The molecule has 1 saturated carbocycles. The minimum absolute atomic E-state index is 0.180. The van der Waals surface area contributed by atoms with Gasteiger partial charge in [0.05, 0.1) is 7.11 Å². The van der Waals surface area contributed by atoms with E-state index in [2.05, 4.69) is 11.8 Å². The van der Waals surface area contributed by atoms with E-state index in [0.717, 1.165) is 30.2 Å². The number of piperidine rings is 1. The Kier molecular flexibility index (Phi) is 6.17. The van der Waals surface area contributed by atoms with Crippen LogP contribution in [0.3, 0.4) is 0 Å². The minimum Gasteiger partial charge on any atom is -0.497 e. The predicted molar refractivity (Wildman–Crippen MR) is 103 cm³/mol. The second-order valence-electron chi connectivity index (χ2n) is 7.72. The summed E-state index contributed by atoms with van der Waals surface area (Å²) in [6.45, 7) is 3.28. The Morgan fingerprint density at radius 1 is 1.08 bits per heavy atom. The number of hydrogen-bond acceptors (Lipinski definition) is 2. The van der Waals surface area contributed by atoms with Gasteiger partial charge in [0.2, 0.25) is 5.91 Å². The van der Waals surface area contributed by atoms with Gasteiger partial charge >= 0.3 is 0 Å². The van der Waals surface area contributed by atoms with Gasteiger partial charge in [0.25, 0.3) is 0 Å². The molecule has 1 aliphatic heterocycles. The van der Waals surface area contributed by atoms with E-state index in [9.17, 15) is 4.79 Å². The molecule has 1 aromatic rings. The molecule has 0 radical (unpaired) electrons. The van der Waals surface area contributed by atoms with Crippen molar-refractivity contribution in [3.63, 3.8) is 0 Å². The highest BCUT2D eigenvalue weighted by Gasteiger charge is 2.33. The lowest BCUT2D eigenvalue weighted by molar-refractivity contribution is -0.131. The lowest BCUT2D eigenvalue weighted by Crippen LogP contribution is -2.47. The Labute approximate surface area is 152 Å². The van der Waals surface area contributed by atoms with E-state index in [0.29, 0.717) is 12.0 Å². The summed E-state index contributed by atoms with van der Waals surface area (Å²) in [4.78, 5) is 15.0. The van der Waals surface area contributed by atoms with Crippen molar-refractivity contribution in [1.82, 2.24) is 4.90 Å². The van der Waals surface area contributed by atoms with Crippen LogP contribution in [-0.2, 0) is 4.79 Å². The maximum Gasteiger partial charge on any atom is 0.246 e. The molecular formula is C22H31NO2. The third-order valence-corrected chi connectivity index (χ3v) is 5.97. The van der Waals surface area contributed by atoms with E-state index >= 15 is 0 Å². The Balaban J connectivity index is 1.64. The third-order valence-electron chi connectivity index (χ3n) is 5.97. The number of rotatable bonds is 4. The molecule has 136 valence electrons. The molecule has 0 N–H and O–H groups in total. The molecule has 1 unspecified atom stereocenters. The fourth-order valence-electron chi connectivity index (χ4n) is 4.37. The summed E-state index contributed by atoms with van der Waals surface area (Å²) in [6, 6.07) is 8.28. The Bertz CT molecular complexity index is 585. The zero-order valence-corrected chi connectivity index (χ0v) is 15.6. The zero-order valence-electron chi connectivity index (χ0n) is 15.6. The van der Waals surface area contributed by atoms with Crippen molar-refractivity contribution >= 4 is 12.0 Å². The fourth-order valence-corrected chi connectivity index (χ4v) is 4.37. The molecule has 25 heavy (non-hydrogen) atoms. The van der Waals surface area contributed by atoms with Crippen LogP contribution in [0.25, 0.3) is 6.08 Å². The highest BCUT2D eigenvalue weighted by atomic mass is 16.5. The van der Waals surface area contributed by atoms with E-state index in [1.807, 2.05) is 30.3 Å². The highest BCUT2D eigenvalue weighted by Crippen LogP contribution is 2.36. The lowest BCUT2D eigenvalue weighted by atomic mass is 9.76. The van der Waals surface area contributed by atoms with Crippen LogP contribution in [0.5, 0.6) is 5.75 Å². The van der Waals surface area contributed by atoms with Crippen molar-refractivity contribution in [3.8, 4) is 5.75 Å². The first-order chi connectivity index (χ1) is 12.2. The number of likely N-dealkylation sites (tertiary alicyclic amines) is 1. The lowest BCUT2D eigenvalue weighted by Gasteiger charge is -2.42. The molecule has 1 aliphatic carbocycles. The van der Waals surface area contributed by atoms with Crippen LogP contribution >= 0.6 is 0 Å². The summed E-state index contributed by atoms with van der Waals surface area (Å²) in [6.07, 6.45) is 12.5. The van der Waals surface area contributed by atoms with Crippen molar-refractivity contribution in [1.29, 1.82) is 0 Å². The summed E-state index contributed by atoms with van der Waals surface area (Å²) < 4.78 is 5.18. The van der Waals surface area contributed by atoms with Crippen LogP contribution in [0.2, 0.25) is 0 Å². The van der Waals surface area contributed by atoms with Gasteiger partial charge in [-0.1, -0.05) is 31.9 Å². The first kappa shape index (κ1) is 18.0. The number of carbonyl (C=O) groups is 1. The minimum atomic E-state index is 0.180. The standard InChI is InChI=1S/C22H31NO2/c1-17-6-11-19(12-7-17)21-5-3-4-16-23(21)22(24)15-10-18-8-13-20(25-2)14-9-18/h8-10,13-15,17,19,21H,3-7,11-12,16H2,1-2H3/b15-10+. The number of benzene rings is 1. The van der Waals surface area contributed by atoms with Crippen molar-refractivity contribution in [2.45, 2.75) is 57.9 Å². The van der Waals surface area contributed by atoms with Gasteiger partial charge in [-0.15, -0.1) is 0 Å². The fraction of sp³-hybridized carbons (Fsp3) is 0.591. The molecule has 1 saturated heterocycles. The number of carbonyl (C=O) groups excluding carboxylic acids is 1. The Morgan fingerprint density at radius 2 is 1.80 bits per heavy atom. The zero-order chi connectivity index (χ0) is 17.6. The maximum absolute atomic E-state index is 12.8. The second-order valence-corrected chi connectivity index (χ2v) is 7.72. The van der Waals surface area contributed by atoms with Crippen LogP contribution in [0, 0.1) is 11.8 Å². The van der Waals surface area contributed by atoms with E-state index in [1.54, 1.807) is 13.2 Å². The van der Waals surface area contributed by atoms with E-state index in [4.69, 9.17) is 4.74 Å². The first-order valence-corrected chi connectivity index (χ1v) is 9.80. The first-order valence-electron chi connectivity index (χ1n) is 9.80. The molecule has 3 nitrogen and oxygen atoms in total. The molecule has 3 rings (SSSR count). The molecule has 3 heteroatoms. The molecule has 2 fully saturated rings. The second kappa shape index (κ2) is 8.55. The van der Waals surface area contributed by atoms with E-state index in [-0.39, 0.29) is 5.91 Å². The van der Waals surface area contributed by atoms with Crippen molar-refractivity contribution in [2.24, 2.45) is 11.8 Å². The summed E-state index contributed by atoms with van der Waals surface area (Å²) in [5.41, 5.74) is 1.04. The maximum atomic E-state index is 12.8. The molecule has 1 heterocycles. The molecular weight excluding hydrogens is 310 g/mol. The van der Waals surface area contributed by atoms with Crippen LogP contribution < -0.4 is 4.74 Å². The molecule has 2 aliphatic rings. The highest BCUT2D eigenvalue weighted by molar-refractivity contribution is 5.92. The van der Waals surface area contributed by atoms with Gasteiger partial charge < -0.3 is 9.64 Å². The summed E-state index contributed by atoms with van der Waals surface area (Å²) in [5, 5.41) is 0. The molecule has 1 atom stereocenters. The number of ether oxygens (including phenoxy) is 1. The molecule has 0 bridgehead atoms. The number of methoxy groups -OCH3 is 1. The van der Waals surface area contributed by atoms with Gasteiger partial charge in [-0.2, -0.15) is 0 Å². The van der Waals surface area contributed by atoms with Crippen LogP contribution in [0.15, 0.2) is 30.3 Å². The van der Waals surface area contributed by atoms with Gasteiger partial charge in [0.1, 0.15) is 5.75 Å². The van der Waals surface area contributed by atoms with Crippen LogP contribution in [-0.4, -0.2) is 30.5 Å². The van der Waals surface area contributed by atoms with Crippen LogP contribution in [0.1, 0.15) is 57.4 Å². The Morgan fingerprint density at radius 3 is 2.48 bits per heavy atom. The number of amides is 1. The van der Waals surface area contributed by atoms with Crippen molar-refractivity contribution in [2.75, 3.05) is 13.7 Å². The molecule has 0 spiro atoms.